The van der Waals surface area contributed by atoms with Gasteiger partial charge in [0.05, 0.1) is 11.0 Å². The van der Waals surface area contributed by atoms with Crippen LogP contribution < -0.4 is 5.32 Å². The molecule has 16 heavy (non-hydrogen) atoms. The van der Waals surface area contributed by atoms with Gasteiger partial charge in [0.15, 0.2) is 0 Å². The van der Waals surface area contributed by atoms with E-state index in [1.165, 1.54) is 19.3 Å². The summed E-state index contributed by atoms with van der Waals surface area (Å²) in [5.41, 5.74) is 2.14. The van der Waals surface area contributed by atoms with Crippen LogP contribution >= 0.6 is 0 Å². The van der Waals surface area contributed by atoms with E-state index in [4.69, 9.17) is 0 Å². The van der Waals surface area contributed by atoms with Gasteiger partial charge in [-0.1, -0.05) is 18.6 Å². The second-order valence-corrected chi connectivity index (χ2v) is 4.73. The smallest absolute Gasteiger partial charge is 0.201 e. The molecule has 84 valence electrons. The minimum absolute atomic E-state index is 0.523. The molecule has 0 amide bonds. The Bertz CT molecular complexity index is 452. The number of aromatic nitrogens is 2. The Kier molecular flexibility index (Phi) is 2.31. The fourth-order valence-corrected chi connectivity index (χ4v) is 2.29. The Labute approximate surface area is 95.3 Å². The molecule has 1 aliphatic rings. The fraction of sp³-hybridized carbons (Fsp3) is 0.462. The van der Waals surface area contributed by atoms with Crippen molar-refractivity contribution < 1.29 is 0 Å². The lowest BCUT2D eigenvalue weighted by atomic mass is 9.80. The summed E-state index contributed by atoms with van der Waals surface area (Å²) in [5, 5.41) is 3.47. The molecule has 0 aliphatic heterocycles. The monoisotopic (exact) mass is 215 g/mol. The van der Waals surface area contributed by atoms with Crippen molar-refractivity contribution in [2.45, 2.75) is 32.2 Å². The highest BCUT2D eigenvalue weighted by atomic mass is 15.1. The van der Waals surface area contributed by atoms with Gasteiger partial charge in [-0.2, -0.15) is 0 Å². The molecule has 1 fully saturated rings. The Morgan fingerprint density at radius 1 is 1.38 bits per heavy atom. The van der Waals surface area contributed by atoms with Crippen molar-refractivity contribution in [3.63, 3.8) is 0 Å². The predicted molar refractivity (Wildman–Crippen MR) is 66.5 cm³/mol. The van der Waals surface area contributed by atoms with E-state index >= 15 is 0 Å². The van der Waals surface area contributed by atoms with Gasteiger partial charge in [0.25, 0.3) is 0 Å². The van der Waals surface area contributed by atoms with Crippen LogP contribution in [0, 0.1) is 5.92 Å². The molecule has 1 saturated carbocycles. The molecule has 1 aromatic carbocycles. The fourth-order valence-electron chi connectivity index (χ4n) is 2.29. The highest BCUT2D eigenvalue weighted by molar-refractivity contribution is 5.77. The maximum atomic E-state index is 4.53. The highest BCUT2D eigenvalue weighted by Gasteiger charge is 2.24. The Morgan fingerprint density at radius 3 is 2.88 bits per heavy atom. The first-order valence-electron chi connectivity index (χ1n) is 6.04. The molecule has 0 bridgehead atoms. The van der Waals surface area contributed by atoms with Gasteiger partial charge in [-0.15, -0.1) is 0 Å². The second kappa shape index (κ2) is 3.81. The van der Waals surface area contributed by atoms with E-state index < -0.39 is 0 Å². The predicted octanol–water partition coefficient (Wildman–Crippen LogP) is 3.16. The number of H-pyrrole nitrogens is 1. The zero-order valence-electron chi connectivity index (χ0n) is 9.53. The first kappa shape index (κ1) is 9.70. The summed E-state index contributed by atoms with van der Waals surface area (Å²) in [6.07, 6.45) is 4.10. The Balaban J connectivity index is 1.78. The maximum absolute atomic E-state index is 4.53. The van der Waals surface area contributed by atoms with Crippen LogP contribution in [-0.2, 0) is 0 Å². The molecule has 1 aromatic heterocycles. The van der Waals surface area contributed by atoms with Gasteiger partial charge in [-0.25, -0.2) is 4.98 Å². The number of benzene rings is 1. The van der Waals surface area contributed by atoms with Crippen LogP contribution in [0.3, 0.4) is 0 Å². The summed E-state index contributed by atoms with van der Waals surface area (Å²) in [5.74, 6) is 1.73. The van der Waals surface area contributed by atoms with Crippen molar-refractivity contribution in [1.29, 1.82) is 0 Å². The number of hydrogen-bond donors (Lipinski definition) is 2. The van der Waals surface area contributed by atoms with Crippen LogP contribution in [-0.4, -0.2) is 16.0 Å². The number of para-hydroxylation sites is 2. The van der Waals surface area contributed by atoms with E-state index in [1.807, 2.05) is 18.2 Å². The number of hydrogen-bond acceptors (Lipinski definition) is 2. The average molecular weight is 215 g/mol. The summed E-state index contributed by atoms with van der Waals surface area (Å²) in [6.45, 7) is 2.25. The number of anilines is 1. The standard InChI is InChI=1S/C13H17N3/c1-9(10-5-4-6-10)14-13-15-11-7-2-3-8-12(11)16-13/h2-3,7-10H,4-6H2,1H3,(H2,14,15,16). The third kappa shape index (κ3) is 1.66. The van der Waals surface area contributed by atoms with E-state index in [1.54, 1.807) is 0 Å². The van der Waals surface area contributed by atoms with Crippen LogP contribution in [0.4, 0.5) is 5.95 Å². The van der Waals surface area contributed by atoms with Gasteiger partial charge >= 0.3 is 0 Å². The molecule has 2 aromatic rings. The van der Waals surface area contributed by atoms with Crippen molar-refractivity contribution in [3.8, 4) is 0 Å². The maximum Gasteiger partial charge on any atom is 0.201 e. The number of aromatic amines is 1. The summed E-state index contributed by atoms with van der Waals surface area (Å²) >= 11 is 0. The summed E-state index contributed by atoms with van der Waals surface area (Å²) in [7, 11) is 0. The van der Waals surface area contributed by atoms with Crippen LogP contribution in [0.25, 0.3) is 11.0 Å². The second-order valence-electron chi connectivity index (χ2n) is 4.73. The van der Waals surface area contributed by atoms with Crippen LogP contribution in [0.5, 0.6) is 0 Å². The zero-order valence-corrected chi connectivity index (χ0v) is 9.53. The van der Waals surface area contributed by atoms with E-state index in [0.717, 1.165) is 22.9 Å². The molecule has 0 radical (unpaired) electrons. The third-order valence-electron chi connectivity index (χ3n) is 3.61. The quantitative estimate of drug-likeness (QED) is 0.825. The van der Waals surface area contributed by atoms with Crippen molar-refractivity contribution in [3.05, 3.63) is 24.3 Å². The van der Waals surface area contributed by atoms with E-state index in [9.17, 15) is 0 Å². The molecule has 0 spiro atoms. The minimum atomic E-state index is 0.523. The molecule has 2 N–H and O–H groups in total. The van der Waals surface area contributed by atoms with Crippen molar-refractivity contribution >= 4 is 17.0 Å². The van der Waals surface area contributed by atoms with Gasteiger partial charge < -0.3 is 10.3 Å². The number of nitrogens with zero attached hydrogens (tertiary/aromatic N) is 1. The lowest BCUT2D eigenvalue weighted by Crippen LogP contribution is -2.31. The third-order valence-corrected chi connectivity index (χ3v) is 3.61. The van der Waals surface area contributed by atoms with Crippen molar-refractivity contribution in [2.75, 3.05) is 5.32 Å². The molecule has 1 atom stereocenters. The van der Waals surface area contributed by atoms with E-state index in [2.05, 4.69) is 28.3 Å². The molecular weight excluding hydrogens is 198 g/mol. The Morgan fingerprint density at radius 2 is 2.19 bits per heavy atom. The SMILES string of the molecule is CC(Nc1nc2ccccc2[nH]1)C1CCC1. The molecule has 3 rings (SSSR count). The minimum Gasteiger partial charge on any atom is -0.353 e. The van der Waals surface area contributed by atoms with E-state index in [-0.39, 0.29) is 0 Å². The molecule has 3 nitrogen and oxygen atoms in total. The molecule has 1 heterocycles. The highest BCUT2D eigenvalue weighted by Crippen LogP contribution is 2.30. The van der Waals surface area contributed by atoms with Crippen molar-refractivity contribution in [2.24, 2.45) is 5.92 Å². The topological polar surface area (TPSA) is 40.7 Å². The van der Waals surface area contributed by atoms with Crippen LogP contribution in [0.2, 0.25) is 0 Å². The number of imidazole rings is 1. The molecule has 3 heteroatoms. The average Bonchev–Trinajstić information content (AvgIpc) is 2.56. The number of rotatable bonds is 3. The van der Waals surface area contributed by atoms with Crippen molar-refractivity contribution in [1.82, 2.24) is 9.97 Å². The summed E-state index contributed by atoms with van der Waals surface area (Å²) in [6, 6.07) is 8.66. The van der Waals surface area contributed by atoms with Gasteiger partial charge in [-0.05, 0) is 37.8 Å². The first-order valence-corrected chi connectivity index (χ1v) is 6.04. The zero-order chi connectivity index (χ0) is 11.0. The summed E-state index contributed by atoms with van der Waals surface area (Å²) < 4.78 is 0. The molecule has 1 unspecified atom stereocenters. The lowest BCUT2D eigenvalue weighted by molar-refractivity contribution is 0.284. The Hall–Kier alpha value is -1.51. The lowest BCUT2D eigenvalue weighted by Gasteiger charge is -2.31. The van der Waals surface area contributed by atoms with Gasteiger partial charge in [0.2, 0.25) is 5.95 Å². The van der Waals surface area contributed by atoms with Crippen LogP contribution in [0.15, 0.2) is 24.3 Å². The largest absolute Gasteiger partial charge is 0.353 e. The summed E-state index contributed by atoms with van der Waals surface area (Å²) in [4.78, 5) is 7.83. The van der Waals surface area contributed by atoms with Gasteiger partial charge in [0, 0.05) is 6.04 Å². The first-order chi connectivity index (χ1) is 7.83. The van der Waals surface area contributed by atoms with E-state index in [0.29, 0.717) is 6.04 Å². The molecule has 0 saturated heterocycles. The number of fused-ring (bicyclic) bond motifs is 1. The van der Waals surface area contributed by atoms with Crippen LogP contribution in [0.1, 0.15) is 26.2 Å². The van der Waals surface area contributed by atoms with Gasteiger partial charge in [0.1, 0.15) is 0 Å². The molecule has 1 aliphatic carbocycles. The normalized spacial score (nSPS) is 18.3. The van der Waals surface area contributed by atoms with Gasteiger partial charge in [-0.3, -0.25) is 0 Å². The number of nitrogens with one attached hydrogen (secondary N) is 2. The molecular formula is C13H17N3.